The molecule has 0 radical (unpaired) electrons. The molecule has 2 rings (SSSR count). The molecule has 0 atom stereocenters. The predicted molar refractivity (Wildman–Crippen MR) is 85.4 cm³/mol. The number of hydrogen-bond acceptors (Lipinski definition) is 3. The second kappa shape index (κ2) is 8.39. The number of hydrogen-bond donors (Lipinski definition) is 2. The fraction of sp³-hybridized carbons (Fsp3) is 0.125. The number of carbonyl (C=O) groups is 2. The minimum Gasteiger partial charge on any atom is -0.434 e. The molecule has 0 aliphatic heterocycles. The zero-order valence-corrected chi connectivity index (χ0v) is 13.3. The van der Waals surface area contributed by atoms with Crippen LogP contribution in [0.25, 0.3) is 0 Å². The molecule has 0 aromatic heterocycles. The Morgan fingerprint density at radius 2 is 1.88 bits per heavy atom. The van der Waals surface area contributed by atoms with Gasteiger partial charge in [-0.05, 0) is 30.3 Å². The van der Waals surface area contributed by atoms with Gasteiger partial charge in [-0.15, -0.1) is 0 Å². The molecular formula is C16H12ClF3N2O3. The maximum absolute atomic E-state index is 13.6. The summed E-state index contributed by atoms with van der Waals surface area (Å²) >= 11 is 5.60. The van der Waals surface area contributed by atoms with Crippen LogP contribution in [0.1, 0.15) is 10.4 Å². The quantitative estimate of drug-likeness (QED) is 0.816. The molecule has 0 aliphatic carbocycles. The lowest BCUT2D eigenvalue weighted by molar-refractivity contribution is -0.115. The highest BCUT2D eigenvalue weighted by Crippen LogP contribution is 2.20. The standard InChI is InChI=1S/C16H12ClF3N2O3/c17-9-5-6-12(11(18)7-9)22-14(23)8-21-15(24)10-3-1-2-4-13(10)25-16(19)20/h1-7,16H,8H2,(H,21,24)(H,22,23). The Morgan fingerprint density at radius 1 is 1.16 bits per heavy atom. The summed E-state index contributed by atoms with van der Waals surface area (Å²) in [6.07, 6.45) is 0. The fourth-order valence-electron chi connectivity index (χ4n) is 1.89. The van der Waals surface area contributed by atoms with Crippen LogP contribution in [0.5, 0.6) is 5.75 Å². The molecule has 0 saturated carbocycles. The van der Waals surface area contributed by atoms with Crippen LogP contribution in [-0.4, -0.2) is 25.0 Å². The van der Waals surface area contributed by atoms with Gasteiger partial charge in [0.1, 0.15) is 11.6 Å². The zero-order valence-electron chi connectivity index (χ0n) is 12.6. The summed E-state index contributed by atoms with van der Waals surface area (Å²) in [5.74, 6) is -2.55. The lowest BCUT2D eigenvalue weighted by Crippen LogP contribution is -2.33. The van der Waals surface area contributed by atoms with Crippen molar-refractivity contribution in [2.45, 2.75) is 6.61 Å². The van der Waals surface area contributed by atoms with E-state index in [4.69, 9.17) is 11.6 Å². The molecule has 0 saturated heterocycles. The number of anilines is 1. The number of para-hydroxylation sites is 1. The van der Waals surface area contributed by atoms with E-state index in [9.17, 15) is 22.8 Å². The Kier molecular flexibility index (Phi) is 6.24. The lowest BCUT2D eigenvalue weighted by atomic mass is 10.2. The van der Waals surface area contributed by atoms with E-state index in [0.29, 0.717) is 0 Å². The van der Waals surface area contributed by atoms with Gasteiger partial charge in [0.15, 0.2) is 0 Å². The third kappa shape index (κ3) is 5.39. The van der Waals surface area contributed by atoms with Gasteiger partial charge >= 0.3 is 6.61 Å². The third-order valence-corrected chi connectivity index (χ3v) is 3.20. The summed E-state index contributed by atoms with van der Waals surface area (Å²) in [5.41, 5.74) is -0.265. The number of ether oxygens (including phenoxy) is 1. The van der Waals surface area contributed by atoms with Crippen LogP contribution in [-0.2, 0) is 4.79 Å². The lowest BCUT2D eigenvalue weighted by Gasteiger charge is -2.11. The maximum Gasteiger partial charge on any atom is 0.387 e. The third-order valence-electron chi connectivity index (χ3n) is 2.96. The van der Waals surface area contributed by atoms with Gasteiger partial charge in [-0.1, -0.05) is 23.7 Å². The minimum atomic E-state index is -3.09. The molecular weight excluding hydrogens is 361 g/mol. The molecule has 2 aromatic rings. The van der Waals surface area contributed by atoms with Crippen LogP contribution >= 0.6 is 11.6 Å². The van der Waals surface area contributed by atoms with Gasteiger partial charge in [0.25, 0.3) is 5.91 Å². The highest BCUT2D eigenvalue weighted by Gasteiger charge is 2.16. The van der Waals surface area contributed by atoms with E-state index in [1.54, 1.807) is 0 Å². The zero-order chi connectivity index (χ0) is 18.4. The summed E-state index contributed by atoms with van der Waals surface area (Å²) in [4.78, 5) is 23.8. The second-order valence-electron chi connectivity index (χ2n) is 4.73. The second-order valence-corrected chi connectivity index (χ2v) is 5.17. The van der Waals surface area contributed by atoms with Gasteiger partial charge in [0.2, 0.25) is 5.91 Å². The molecule has 0 unspecified atom stereocenters. The molecule has 132 valence electrons. The van der Waals surface area contributed by atoms with Gasteiger partial charge in [0.05, 0.1) is 17.8 Å². The van der Waals surface area contributed by atoms with Crippen molar-refractivity contribution < 1.29 is 27.5 Å². The summed E-state index contributed by atoms with van der Waals surface area (Å²) in [6, 6.07) is 9.02. The smallest absolute Gasteiger partial charge is 0.387 e. The van der Waals surface area contributed by atoms with Crippen molar-refractivity contribution in [3.63, 3.8) is 0 Å². The first-order valence-corrected chi connectivity index (χ1v) is 7.31. The topological polar surface area (TPSA) is 67.4 Å². The Labute approximate surface area is 145 Å². The van der Waals surface area contributed by atoms with Gasteiger partial charge in [0, 0.05) is 5.02 Å². The largest absolute Gasteiger partial charge is 0.434 e. The summed E-state index contributed by atoms with van der Waals surface area (Å²) in [7, 11) is 0. The summed E-state index contributed by atoms with van der Waals surface area (Å²) in [6.45, 7) is -3.59. The number of benzene rings is 2. The van der Waals surface area contributed by atoms with E-state index in [-0.39, 0.29) is 22.0 Å². The summed E-state index contributed by atoms with van der Waals surface area (Å²) in [5, 5.41) is 4.66. The van der Waals surface area contributed by atoms with Crippen molar-refractivity contribution in [3.05, 3.63) is 58.9 Å². The first kappa shape index (κ1) is 18.6. The molecule has 2 N–H and O–H groups in total. The Hall–Kier alpha value is -2.74. The molecule has 2 aromatic carbocycles. The van der Waals surface area contributed by atoms with Gasteiger partial charge in [-0.25, -0.2) is 4.39 Å². The minimum absolute atomic E-state index is 0.106. The molecule has 5 nitrogen and oxygen atoms in total. The van der Waals surface area contributed by atoms with E-state index in [0.717, 1.165) is 6.07 Å². The van der Waals surface area contributed by atoms with E-state index < -0.39 is 30.8 Å². The molecule has 25 heavy (non-hydrogen) atoms. The average molecular weight is 373 g/mol. The number of halogens is 4. The number of carbonyl (C=O) groups excluding carboxylic acids is 2. The average Bonchev–Trinajstić information content (AvgIpc) is 2.55. The first-order chi connectivity index (χ1) is 11.9. The van der Waals surface area contributed by atoms with Gasteiger partial charge in [-0.3, -0.25) is 9.59 Å². The van der Waals surface area contributed by atoms with Crippen molar-refractivity contribution in [2.24, 2.45) is 0 Å². The van der Waals surface area contributed by atoms with E-state index in [2.05, 4.69) is 15.4 Å². The first-order valence-electron chi connectivity index (χ1n) is 6.93. The van der Waals surface area contributed by atoms with Crippen LogP contribution < -0.4 is 15.4 Å². The molecule has 0 spiro atoms. The fourth-order valence-corrected chi connectivity index (χ4v) is 2.05. The van der Waals surface area contributed by atoms with Crippen LogP contribution in [0.4, 0.5) is 18.9 Å². The number of alkyl halides is 2. The van der Waals surface area contributed by atoms with E-state index >= 15 is 0 Å². The Bertz CT molecular complexity index is 787. The van der Waals surface area contributed by atoms with Crippen molar-refractivity contribution in [1.82, 2.24) is 5.32 Å². The van der Waals surface area contributed by atoms with Crippen LogP contribution in [0.2, 0.25) is 5.02 Å². The van der Waals surface area contributed by atoms with Crippen molar-refractivity contribution in [3.8, 4) is 5.75 Å². The summed E-state index contributed by atoms with van der Waals surface area (Å²) < 4.78 is 42.5. The van der Waals surface area contributed by atoms with E-state index in [1.165, 1.54) is 36.4 Å². The Morgan fingerprint density at radius 3 is 2.56 bits per heavy atom. The Balaban J connectivity index is 1.97. The molecule has 0 aliphatic rings. The normalized spacial score (nSPS) is 10.4. The highest BCUT2D eigenvalue weighted by molar-refractivity contribution is 6.30. The molecule has 9 heteroatoms. The van der Waals surface area contributed by atoms with Crippen LogP contribution in [0, 0.1) is 5.82 Å². The monoisotopic (exact) mass is 372 g/mol. The molecule has 0 bridgehead atoms. The van der Waals surface area contributed by atoms with Crippen molar-refractivity contribution in [2.75, 3.05) is 11.9 Å². The van der Waals surface area contributed by atoms with Gasteiger partial charge in [-0.2, -0.15) is 8.78 Å². The van der Waals surface area contributed by atoms with Crippen LogP contribution in [0.15, 0.2) is 42.5 Å². The van der Waals surface area contributed by atoms with E-state index in [1.807, 2.05) is 0 Å². The number of nitrogens with one attached hydrogen (secondary N) is 2. The molecule has 2 amide bonds. The maximum atomic E-state index is 13.6. The highest BCUT2D eigenvalue weighted by atomic mass is 35.5. The SMILES string of the molecule is O=C(CNC(=O)c1ccccc1OC(F)F)Nc1ccc(Cl)cc1F. The van der Waals surface area contributed by atoms with Crippen LogP contribution in [0.3, 0.4) is 0 Å². The van der Waals surface area contributed by atoms with Crippen molar-refractivity contribution in [1.29, 1.82) is 0 Å². The molecule has 0 heterocycles. The van der Waals surface area contributed by atoms with Gasteiger partial charge < -0.3 is 15.4 Å². The molecule has 0 fully saturated rings. The predicted octanol–water partition coefficient (Wildman–Crippen LogP) is 3.45. The number of rotatable bonds is 6. The number of amides is 2. The van der Waals surface area contributed by atoms with Crippen molar-refractivity contribution >= 4 is 29.1 Å².